The zero-order valence-corrected chi connectivity index (χ0v) is 7.04. The Labute approximate surface area is 79.8 Å². The molecule has 5 heteroatoms. The number of carboxylic acid groups (broad SMARTS) is 2. The Balaban J connectivity index is 2.94. The van der Waals surface area contributed by atoms with Crippen LogP contribution in [-0.4, -0.2) is 22.2 Å². The first-order valence-electron chi connectivity index (χ1n) is 3.76. The van der Waals surface area contributed by atoms with Gasteiger partial charge in [0.05, 0.1) is 5.56 Å². The number of rotatable bonds is 3. The normalized spacial score (nSPS) is 12.1. The number of carboxylic acids is 2. The molecule has 2 radical (unpaired) electrons. The molecule has 1 aromatic carbocycles. The summed E-state index contributed by atoms with van der Waals surface area (Å²) in [6.07, 6.45) is 0. The highest BCUT2D eigenvalue weighted by atomic mass is 16.4. The molecule has 0 saturated carbocycles. The van der Waals surface area contributed by atoms with Crippen LogP contribution in [-0.2, 0) is 4.79 Å². The Hall–Kier alpha value is -1.88. The van der Waals surface area contributed by atoms with Crippen LogP contribution >= 0.6 is 0 Å². The molecule has 0 bridgehead atoms. The fourth-order valence-electron chi connectivity index (χ4n) is 0.951. The third-order valence-corrected chi connectivity index (χ3v) is 1.71. The van der Waals surface area contributed by atoms with E-state index in [4.69, 9.17) is 15.9 Å². The predicted octanol–water partition coefficient (Wildman–Crippen LogP) is 0.579. The van der Waals surface area contributed by atoms with E-state index >= 15 is 0 Å². The highest BCUT2D eigenvalue weighted by Crippen LogP contribution is 2.13. The molecular weight excluding hydrogens is 186 g/mol. The van der Waals surface area contributed by atoms with E-state index in [0.29, 0.717) is 0 Å². The first-order valence-corrected chi connectivity index (χ1v) is 3.76. The molecule has 1 rings (SSSR count). The second-order valence-electron chi connectivity index (χ2n) is 2.67. The minimum atomic E-state index is -1.61. The summed E-state index contributed by atoms with van der Waals surface area (Å²) in [5.41, 5.74) is 9.28. The molecule has 0 fully saturated rings. The van der Waals surface area contributed by atoms with E-state index in [1.54, 1.807) is 0 Å². The van der Waals surface area contributed by atoms with Gasteiger partial charge in [0.15, 0.2) is 6.04 Å². The minimum Gasteiger partial charge on any atom is -0.480 e. The monoisotopic (exact) mass is 193 g/mol. The quantitative estimate of drug-likeness (QED) is 0.733. The van der Waals surface area contributed by atoms with E-state index in [1.807, 2.05) is 0 Å². The Morgan fingerprint density at radius 1 is 1.14 bits per heavy atom. The SMILES string of the molecule is [N]C(C(=O)O)c1ccc(C(=O)O)cc1. The van der Waals surface area contributed by atoms with Crippen molar-refractivity contribution in [3.05, 3.63) is 35.4 Å². The van der Waals surface area contributed by atoms with Gasteiger partial charge in [-0.1, -0.05) is 12.1 Å². The van der Waals surface area contributed by atoms with Gasteiger partial charge in [0, 0.05) is 0 Å². The van der Waals surface area contributed by atoms with E-state index in [0.717, 1.165) is 0 Å². The fraction of sp³-hybridized carbons (Fsp3) is 0.111. The second-order valence-corrected chi connectivity index (χ2v) is 2.67. The van der Waals surface area contributed by atoms with Gasteiger partial charge in [0.2, 0.25) is 0 Å². The molecule has 1 aromatic rings. The highest BCUT2D eigenvalue weighted by molar-refractivity contribution is 5.87. The highest BCUT2D eigenvalue weighted by Gasteiger charge is 2.16. The fourth-order valence-corrected chi connectivity index (χ4v) is 0.951. The average Bonchev–Trinajstić information content (AvgIpc) is 2.16. The lowest BCUT2D eigenvalue weighted by molar-refractivity contribution is -0.138. The first kappa shape index (κ1) is 10.2. The number of aromatic carboxylic acids is 1. The van der Waals surface area contributed by atoms with Crippen LogP contribution < -0.4 is 5.73 Å². The van der Waals surface area contributed by atoms with Crippen molar-refractivity contribution in [2.24, 2.45) is 0 Å². The van der Waals surface area contributed by atoms with E-state index < -0.39 is 18.0 Å². The van der Waals surface area contributed by atoms with Crippen molar-refractivity contribution in [2.45, 2.75) is 6.04 Å². The number of hydrogen-bond acceptors (Lipinski definition) is 2. The summed E-state index contributed by atoms with van der Waals surface area (Å²) in [5, 5.41) is 17.0. The molecule has 0 heterocycles. The molecular formula is C9H7NO4. The zero-order valence-electron chi connectivity index (χ0n) is 7.04. The molecule has 2 N–H and O–H groups in total. The first-order chi connectivity index (χ1) is 6.52. The van der Waals surface area contributed by atoms with Crippen LogP contribution in [0, 0.1) is 0 Å². The number of nitrogens with zero attached hydrogens (tertiary/aromatic N) is 1. The van der Waals surface area contributed by atoms with Gasteiger partial charge in [-0.3, -0.25) is 4.79 Å². The Bertz CT molecular complexity index is 358. The third-order valence-electron chi connectivity index (χ3n) is 1.71. The Morgan fingerprint density at radius 3 is 2.00 bits per heavy atom. The summed E-state index contributed by atoms with van der Waals surface area (Å²) in [6, 6.07) is 3.40. The molecule has 5 nitrogen and oxygen atoms in total. The molecule has 0 aliphatic rings. The van der Waals surface area contributed by atoms with Gasteiger partial charge in [0.25, 0.3) is 0 Å². The van der Waals surface area contributed by atoms with E-state index in [2.05, 4.69) is 0 Å². The molecule has 72 valence electrons. The van der Waals surface area contributed by atoms with Crippen LogP contribution in [0.15, 0.2) is 24.3 Å². The molecule has 1 atom stereocenters. The summed E-state index contributed by atoms with van der Waals surface area (Å²) in [4.78, 5) is 20.8. The Morgan fingerprint density at radius 2 is 1.64 bits per heavy atom. The Kier molecular flexibility index (Phi) is 2.83. The van der Waals surface area contributed by atoms with Crippen LogP contribution in [0.25, 0.3) is 0 Å². The summed E-state index contributed by atoms with van der Waals surface area (Å²) in [6.45, 7) is 0. The van der Waals surface area contributed by atoms with Crippen molar-refractivity contribution < 1.29 is 19.8 Å². The molecule has 1 unspecified atom stereocenters. The van der Waals surface area contributed by atoms with Crippen LogP contribution in [0.5, 0.6) is 0 Å². The summed E-state index contributed by atoms with van der Waals surface area (Å²) in [5.74, 6) is -2.46. The van der Waals surface area contributed by atoms with Gasteiger partial charge >= 0.3 is 11.9 Å². The average molecular weight is 193 g/mol. The molecule has 0 saturated heterocycles. The predicted molar refractivity (Wildman–Crippen MR) is 45.9 cm³/mol. The van der Waals surface area contributed by atoms with Gasteiger partial charge in [-0.05, 0) is 17.7 Å². The second kappa shape index (κ2) is 3.89. The van der Waals surface area contributed by atoms with Crippen molar-refractivity contribution in [1.29, 1.82) is 0 Å². The number of benzene rings is 1. The summed E-state index contributed by atoms with van der Waals surface area (Å²) < 4.78 is 0. The van der Waals surface area contributed by atoms with Gasteiger partial charge in [-0.2, -0.15) is 0 Å². The summed E-state index contributed by atoms with van der Waals surface area (Å²) >= 11 is 0. The molecule has 0 aromatic heterocycles. The summed E-state index contributed by atoms with van der Waals surface area (Å²) in [7, 11) is 0. The number of aliphatic carboxylic acids is 1. The lowest BCUT2D eigenvalue weighted by Crippen LogP contribution is -2.12. The molecule has 0 aliphatic carbocycles. The van der Waals surface area contributed by atoms with Crippen molar-refractivity contribution >= 4 is 11.9 Å². The van der Waals surface area contributed by atoms with Crippen molar-refractivity contribution in [3.8, 4) is 0 Å². The van der Waals surface area contributed by atoms with Crippen LogP contribution in [0.3, 0.4) is 0 Å². The van der Waals surface area contributed by atoms with E-state index in [1.165, 1.54) is 24.3 Å². The van der Waals surface area contributed by atoms with Gasteiger partial charge in [0.1, 0.15) is 0 Å². The maximum Gasteiger partial charge on any atom is 0.335 e. The van der Waals surface area contributed by atoms with Crippen LogP contribution in [0.2, 0.25) is 0 Å². The van der Waals surface area contributed by atoms with Gasteiger partial charge in [-0.15, -0.1) is 5.73 Å². The van der Waals surface area contributed by atoms with Gasteiger partial charge < -0.3 is 10.2 Å². The molecule has 0 amide bonds. The lowest BCUT2D eigenvalue weighted by Gasteiger charge is -2.03. The zero-order chi connectivity index (χ0) is 10.7. The third kappa shape index (κ3) is 2.08. The maximum absolute atomic E-state index is 10.4. The maximum atomic E-state index is 10.4. The topological polar surface area (TPSA) is 96.9 Å². The van der Waals surface area contributed by atoms with Crippen molar-refractivity contribution in [1.82, 2.24) is 5.73 Å². The molecule has 0 aliphatic heterocycles. The standard InChI is InChI=1S/C9H7NO4/c10-7(9(13)14)5-1-3-6(4-2-5)8(11)12/h1-4,7H,(H,11,12)(H,13,14). The van der Waals surface area contributed by atoms with E-state index in [9.17, 15) is 9.59 Å². The lowest BCUT2D eigenvalue weighted by atomic mass is 10.1. The van der Waals surface area contributed by atoms with Crippen molar-refractivity contribution in [2.75, 3.05) is 0 Å². The van der Waals surface area contributed by atoms with E-state index in [-0.39, 0.29) is 11.1 Å². The van der Waals surface area contributed by atoms with Crippen molar-refractivity contribution in [3.63, 3.8) is 0 Å². The largest absolute Gasteiger partial charge is 0.480 e. The number of hydrogen-bond donors (Lipinski definition) is 2. The minimum absolute atomic E-state index is 0.0475. The molecule has 14 heavy (non-hydrogen) atoms. The van der Waals surface area contributed by atoms with Gasteiger partial charge in [-0.25, -0.2) is 4.79 Å². The number of carbonyl (C=O) groups is 2. The van der Waals surface area contributed by atoms with Crippen LogP contribution in [0.4, 0.5) is 0 Å². The van der Waals surface area contributed by atoms with Crippen LogP contribution in [0.1, 0.15) is 22.0 Å². The molecule has 0 spiro atoms. The smallest absolute Gasteiger partial charge is 0.335 e.